The summed E-state index contributed by atoms with van der Waals surface area (Å²) in [6.07, 6.45) is 0. The van der Waals surface area contributed by atoms with Crippen LogP contribution >= 0.6 is 0 Å². The van der Waals surface area contributed by atoms with Crippen molar-refractivity contribution in [1.82, 2.24) is 0 Å². The quantitative estimate of drug-likeness (QED) is 0.585. The summed E-state index contributed by atoms with van der Waals surface area (Å²) in [6.45, 7) is 4.47. The topological polar surface area (TPSA) is 0 Å². The van der Waals surface area contributed by atoms with Crippen molar-refractivity contribution in [2.24, 2.45) is 0 Å². The number of fused-ring (bicyclic) bond motifs is 1. The summed E-state index contributed by atoms with van der Waals surface area (Å²) in [4.78, 5) is 0. The zero-order chi connectivity index (χ0) is 7.84. The van der Waals surface area contributed by atoms with E-state index in [1.165, 1.54) is 10.9 Å². The molecule has 0 saturated carbocycles. The normalized spacial score (nSPS) is 10.7. The van der Waals surface area contributed by atoms with Crippen molar-refractivity contribution in [2.45, 2.75) is 13.8 Å². The van der Waals surface area contributed by atoms with Crippen molar-refractivity contribution in [1.29, 1.82) is 0 Å². The van der Waals surface area contributed by atoms with E-state index in [1.54, 1.807) is 8.70 Å². The average Bonchev–Trinajstić information content (AvgIpc) is 2.30. The summed E-state index contributed by atoms with van der Waals surface area (Å²) in [5.41, 5.74) is 1.50. The standard InChI is InChI=1S/C10H10Se/c1-7-8(2)11-10-6-4-3-5-9(7)10/h3-6H,1-2H3. The monoisotopic (exact) mass is 210 g/mol. The number of rotatable bonds is 0. The van der Waals surface area contributed by atoms with Crippen molar-refractivity contribution < 1.29 is 0 Å². The van der Waals surface area contributed by atoms with Crippen LogP contribution < -0.4 is 0 Å². The van der Waals surface area contributed by atoms with E-state index in [9.17, 15) is 0 Å². The Bertz CT molecular complexity index is 385. The molecule has 0 bridgehead atoms. The van der Waals surface area contributed by atoms with Crippen LogP contribution in [0.3, 0.4) is 0 Å². The van der Waals surface area contributed by atoms with Crippen LogP contribution in [0.15, 0.2) is 24.3 Å². The number of aryl methyl sites for hydroxylation is 2. The molecular weight excluding hydrogens is 199 g/mol. The third kappa shape index (κ3) is 1.05. The molecule has 0 saturated heterocycles. The Balaban J connectivity index is 2.92. The van der Waals surface area contributed by atoms with Gasteiger partial charge in [0.2, 0.25) is 0 Å². The number of benzene rings is 1. The first kappa shape index (κ1) is 7.15. The SMILES string of the molecule is Cc1[se]c2ccccc2c1C. The Morgan fingerprint density at radius 2 is 1.82 bits per heavy atom. The van der Waals surface area contributed by atoms with Gasteiger partial charge in [-0.1, -0.05) is 0 Å². The minimum absolute atomic E-state index is 0.612. The molecule has 1 aromatic heterocycles. The predicted molar refractivity (Wildman–Crippen MR) is 50.4 cm³/mol. The molecule has 0 aliphatic carbocycles. The molecule has 11 heavy (non-hydrogen) atoms. The third-order valence-electron chi connectivity index (χ3n) is 2.08. The average molecular weight is 209 g/mol. The number of hydrogen-bond donors (Lipinski definition) is 0. The van der Waals surface area contributed by atoms with E-state index in [0.717, 1.165) is 0 Å². The molecule has 2 rings (SSSR count). The molecule has 0 aliphatic rings. The van der Waals surface area contributed by atoms with Gasteiger partial charge in [-0.05, 0) is 0 Å². The Hall–Kier alpha value is -0.521. The van der Waals surface area contributed by atoms with Crippen LogP contribution in [0.2, 0.25) is 0 Å². The van der Waals surface area contributed by atoms with Crippen LogP contribution in [0.5, 0.6) is 0 Å². The molecule has 0 N–H and O–H groups in total. The second kappa shape index (κ2) is 2.51. The fourth-order valence-corrected chi connectivity index (χ4v) is 3.54. The van der Waals surface area contributed by atoms with E-state index in [2.05, 4.69) is 38.1 Å². The molecule has 0 radical (unpaired) electrons. The molecule has 0 aliphatic heterocycles. The molecule has 1 heteroatoms. The Morgan fingerprint density at radius 3 is 2.55 bits per heavy atom. The molecule has 0 nitrogen and oxygen atoms in total. The summed E-state index contributed by atoms with van der Waals surface area (Å²) < 4.78 is 3.13. The first-order chi connectivity index (χ1) is 5.29. The van der Waals surface area contributed by atoms with E-state index < -0.39 is 0 Å². The molecular formula is C10H10Se. The van der Waals surface area contributed by atoms with Crippen LogP contribution in [0, 0.1) is 13.8 Å². The van der Waals surface area contributed by atoms with Gasteiger partial charge in [0, 0.05) is 0 Å². The molecule has 2 aromatic rings. The van der Waals surface area contributed by atoms with Gasteiger partial charge in [0.25, 0.3) is 0 Å². The van der Waals surface area contributed by atoms with Crippen LogP contribution in [-0.4, -0.2) is 14.5 Å². The van der Waals surface area contributed by atoms with Gasteiger partial charge in [-0.25, -0.2) is 0 Å². The van der Waals surface area contributed by atoms with Gasteiger partial charge in [-0.2, -0.15) is 0 Å². The van der Waals surface area contributed by atoms with Gasteiger partial charge in [0.15, 0.2) is 0 Å². The Kier molecular flexibility index (Phi) is 1.63. The Morgan fingerprint density at radius 1 is 1.09 bits per heavy atom. The second-order valence-corrected chi connectivity index (χ2v) is 5.42. The molecule has 0 fully saturated rings. The predicted octanol–water partition coefficient (Wildman–Crippen LogP) is 2.51. The van der Waals surface area contributed by atoms with E-state index in [4.69, 9.17) is 0 Å². The first-order valence-corrected chi connectivity index (χ1v) is 5.45. The van der Waals surface area contributed by atoms with Crippen LogP contribution in [0.1, 0.15) is 10.0 Å². The molecule has 0 spiro atoms. The maximum atomic E-state index is 2.25. The summed E-state index contributed by atoms with van der Waals surface area (Å²) in [5.74, 6) is 0. The summed E-state index contributed by atoms with van der Waals surface area (Å²) in [7, 11) is 0. The van der Waals surface area contributed by atoms with Gasteiger partial charge in [0.1, 0.15) is 0 Å². The van der Waals surface area contributed by atoms with Crippen molar-refractivity contribution >= 4 is 24.1 Å². The Labute approximate surface area is 72.6 Å². The van der Waals surface area contributed by atoms with Crippen molar-refractivity contribution in [2.75, 3.05) is 0 Å². The molecule has 1 heterocycles. The summed E-state index contributed by atoms with van der Waals surface area (Å²) in [6, 6.07) is 8.72. The molecule has 56 valence electrons. The van der Waals surface area contributed by atoms with Crippen LogP contribution in [0.4, 0.5) is 0 Å². The van der Waals surface area contributed by atoms with Gasteiger partial charge in [-0.3, -0.25) is 0 Å². The third-order valence-corrected chi connectivity index (χ3v) is 4.58. The zero-order valence-electron chi connectivity index (χ0n) is 6.72. The van der Waals surface area contributed by atoms with Crippen LogP contribution in [-0.2, 0) is 0 Å². The molecule has 0 amide bonds. The van der Waals surface area contributed by atoms with E-state index in [-0.39, 0.29) is 0 Å². The van der Waals surface area contributed by atoms with Gasteiger partial charge < -0.3 is 0 Å². The van der Waals surface area contributed by atoms with Gasteiger partial charge >= 0.3 is 72.3 Å². The van der Waals surface area contributed by atoms with Crippen molar-refractivity contribution in [3.63, 3.8) is 0 Å². The zero-order valence-corrected chi connectivity index (χ0v) is 8.43. The van der Waals surface area contributed by atoms with Crippen molar-refractivity contribution in [3.8, 4) is 0 Å². The first-order valence-electron chi connectivity index (χ1n) is 3.74. The summed E-state index contributed by atoms with van der Waals surface area (Å²) >= 11 is 0.612. The number of hydrogen-bond acceptors (Lipinski definition) is 0. The van der Waals surface area contributed by atoms with Crippen molar-refractivity contribution in [3.05, 3.63) is 34.3 Å². The fourth-order valence-electron chi connectivity index (χ4n) is 1.30. The summed E-state index contributed by atoms with van der Waals surface area (Å²) in [5, 5.41) is 1.48. The van der Waals surface area contributed by atoms with E-state index >= 15 is 0 Å². The molecule has 0 unspecified atom stereocenters. The van der Waals surface area contributed by atoms with E-state index in [1.807, 2.05) is 0 Å². The van der Waals surface area contributed by atoms with Gasteiger partial charge in [-0.15, -0.1) is 0 Å². The van der Waals surface area contributed by atoms with E-state index in [0.29, 0.717) is 14.5 Å². The maximum absolute atomic E-state index is 2.25. The fraction of sp³-hybridized carbons (Fsp3) is 0.200. The van der Waals surface area contributed by atoms with Gasteiger partial charge in [0.05, 0.1) is 0 Å². The molecule has 0 atom stereocenters. The second-order valence-electron chi connectivity index (χ2n) is 2.78. The van der Waals surface area contributed by atoms with Crippen LogP contribution in [0.25, 0.3) is 9.65 Å². The minimum atomic E-state index is 0.612. The molecule has 1 aromatic carbocycles.